The van der Waals surface area contributed by atoms with Crippen molar-refractivity contribution < 1.29 is 4.42 Å². The molecular weight excluding hydrogens is 388 g/mol. The lowest BCUT2D eigenvalue weighted by Gasteiger charge is -2.08. The molecule has 1 aliphatic rings. The first-order valence-electron chi connectivity index (χ1n) is 9.45. The molecule has 0 radical (unpaired) electrons. The fourth-order valence-corrected chi connectivity index (χ4v) is 4.74. The van der Waals surface area contributed by atoms with Crippen LogP contribution in [0.2, 0.25) is 0 Å². The Morgan fingerprint density at radius 3 is 2.69 bits per heavy atom. The zero-order valence-corrected chi connectivity index (χ0v) is 17.0. The molecule has 2 N–H and O–H groups in total. The maximum atomic E-state index is 12.1. The first-order valence-corrected chi connectivity index (χ1v) is 10.4. The highest BCUT2D eigenvalue weighted by Crippen LogP contribution is 2.31. The van der Waals surface area contributed by atoms with E-state index in [0.717, 1.165) is 41.6 Å². The molecular formula is C20H20N6O2S. The monoisotopic (exact) mass is 408 g/mol. The van der Waals surface area contributed by atoms with Gasteiger partial charge in [0.05, 0.1) is 5.69 Å². The van der Waals surface area contributed by atoms with Gasteiger partial charge in [0.2, 0.25) is 5.16 Å². The lowest BCUT2D eigenvalue weighted by atomic mass is 10.0. The van der Waals surface area contributed by atoms with E-state index >= 15 is 0 Å². The van der Waals surface area contributed by atoms with Gasteiger partial charge in [-0.3, -0.25) is 0 Å². The van der Waals surface area contributed by atoms with Crippen molar-refractivity contribution in [3.8, 4) is 5.95 Å². The van der Waals surface area contributed by atoms with E-state index in [4.69, 9.17) is 10.3 Å². The highest BCUT2D eigenvalue weighted by Gasteiger charge is 2.18. The van der Waals surface area contributed by atoms with Gasteiger partial charge in [0.15, 0.2) is 0 Å². The number of benzene rings is 1. The number of aromatic nitrogens is 5. The summed E-state index contributed by atoms with van der Waals surface area (Å²) in [5.74, 6) is 7.21. The van der Waals surface area contributed by atoms with Crippen molar-refractivity contribution in [3.63, 3.8) is 0 Å². The molecule has 0 saturated heterocycles. The summed E-state index contributed by atoms with van der Waals surface area (Å²) in [5.41, 5.74) is 5.64. The first-order chi connectivity index (χ1) is 14.0. The number of rotatable bonds is 4. The third-order valence-electron chi connectivity index (χ3n) is 5.24. The van der Waals surface area contributed by atoms with Crippen LogP contribution in [0, 0.1) is 13.8 Å². The van der Waals surface area contributed by atoms with Crippen molar-refractivity contribution in [3.05, 3.63) is 62.8 Å². The predicted octanol–water partition coefficient (Wildman–Crippen LogP) is 2.68. The molecule has 4 aromatic rings. The van der Waals surface area contributed by atoms with E-state index < -0.39 is 0 Å². The number of nitrogen functional groups attached to an aromatic ring is 1. The highest BCUT2D eigenvalue weighted by molar-refractivity contribution is 7.98. The lowest BCUT2D eigenvalue weighted by Crippen LogP contribution is -2.17. The minimum Gasteiger partial charge on any atom is -0.423 e. The Balaban J connectivity index is 1.47. The minimum absolute atomic E-state index is 0.344. The minimum atomic E-state index is -0.344. The molecule has 148 valence electrons. The fraction of sp³-hybridized carbons (Fsp3) is 0.300. The van der Waals surface area contributed by atoms with Gasteiger partial charge in [0.1, 0.15) is 5.58 Å². The van der Waals surface area contributed by atoms with Crippen LogP contribution in [-0.4, -0.2) is 24.7 Å². The molecule has 0 saturated carbocycles. The molecule has 9 heteroatoms. The van der Waals surface area contributed by atoms with Gasteiger partial charge in [-0.05, 0) is 68.0 Å². The Labute approximate surface area is 170 Å². The van der Waals surface area contributed by atoms with Gasteiger partial charge in [-0.15, -0.1) is 10.2 Å². The molecule has 0 amide bonds. The van der Waals surface area contributed by atoms with Crippen LogP contribution in [0.15, 0.2) is 38.6 Å². The van der Waals surface area contributed by atoms with Crippen LogP contribution >= 0.6 is 11.8 Å². The maximum absolute atomic E-state index is 12.1. The topological polar surface area (TPSA) is 105 Å². The molecule has 3 heterocycles. The smallest absolute Gasteiger partial charge is 0.336 e. The average Bonchev–Trinajstić information content (AvgIpc) is 3.36. The number of thioether (sulfide) groups is 1. The van der Waals surface area contributed by atoms with Crippen LogP contribution in [0.4, 0.5) is 0 Å². The van der Waals surface area contributed by atoms with Crippen molar-refractivity contribution in [2.45, 2.75) is 44.0 Å². The van der Waals surface area contributed by atoms with Crippen LogP contribution < -0.4 is 11.5 Å². The van der Waals surface area contributed by atoms with Crippen molar-refractivity contribution in [1.29, 1.82) is 0 Å². The number of fused-ring (bicyclic) bond motifs is 2. The van der Waals surface area contributed by atoms with Gasteiger partial charge in [0, 0.05) is 22.9 Å². The summed E-state index contributed by atoms with van der Waals surface area (Å²) >= 11 is 1.43. The lowest BCUT2D eigenvalue weighted by molar-refractivity contribution is 0.559. The quantitative estimate of drug-likeness (QED) is 0.314. The van der Waals surface area contributed by atoms with Crippen molar-refractivity contribution in [2.24, 2.45) is 0 Å². The number of aryl methyl sites for hydroxylation is 4. The second-order valence-electron chi connectivity index (χ2n) is 7.34. The zero-order valence-electron chi connectivity index (χ0n) is 16.2. The molecule has 0 spiro atoms. The summed E-state index contributed by atoms with van der Waals surface area (Å²) in [5, 5.41) is 14.3. The molecule has 0 unspecified atom stereocenters. The van der Waals surface area contributed by atoms with E-state index in [1.54, 1.807) is 10.7 Å². The van der Waals surface area contributed by atoms with Gasteiger partial charge in [-0.25, -0.2) is 14.2 Å². The number of hydrogen-bond acceptors (Lipinski definition) is 7. The molecule has 0 aliphatic heterocycles. The van der Waals surface area contributed by atoms with Crippen LogP contribution in [-0.2, 0) is 18.6 Å². The third kappa shape index (κ3) is 3.11. The summed E-state index contributed by atoms with van der Waals surface area (Å²) in [4.78, 5) is 12.1. The standard InChI is InChI=1S/C20H20N6O2S/c1-11-6-12(2)26(24-11)19-22-23-20(25(19)21)29-10-15-9-18(27)28-17-8-14-5-3-4-13(14)7-16(15)17/h6-9H,3-5,10,21H2,1-2H3. The normalized spacial score (nSPS) is 13.3. The van der Waals surface area contributed by atoms with Gasteiger partial charge >= 0.3 is 5.63 Å². The van der Waals surface area contributed by atoms with Crippen LogP contribution in [0.25, 0.3) is 16.9 Å². The van der Waals surface area contributed by atoms with E-state index in [-0.39, 0.29) is 5.63 Å². The maximum Gasteiger partial charge on any atom is 0.336 e. The average molecular weight is 408 g/mol. The zero-order chi connectivity index (χ0) is 20.1. The largest absolute Gasteiger partial charge is 0.423 e. The van der Waals surface area contributed by atoms with E-state index in [9.17, 15) is 4.79 Å². The summed E-state index contributed by atoms with van der Waals surface area (Å²) < 4.78 is 8.54. The van der Waals surface area contributed by atoms with Gasteiger partial charge in [-0.2, -0.15) is 5.10 Å². The number of hydrogen-bond donors (Lipinski definition) is 1. The third-order valence-corrected chi connectivity index (χ3v) is 6.24. The van der Waals surface area contributed by atoms with Gasteiger partial charge in [-0.1, -0.05) is 11.8 Å². The summed E-state index contributed by atoms with van der Waals surface area (Å²) in [6, 6.07) is 7.68. The summed E-state index contributed by atoms with van der Waals surface area (Å²) in [6.45, 7) is 3.86. The van der Waals surface area contributed by atoms with Crippen molar-refractivity contribution in [1.82, 2.24) is 24.7 Å². The van der Waals surface area contributed by atoms with E-state index in [2.05, 4.69) is 21.4 Å². The number of nitrogens with zero attached hydrogens (tertiary/aromatic N) is 5. The molecule has 8 nitrogen and oxygen atoms in total. The predicted molar refractivity (Wildman–Crippen MR) is 111 cm³/mol. The highest BCUT2D eigenvalue weighted by atomic mass is 32.2. The van der Waals surface area contributed by atoms with Crippen molar-refractivity contribution in [2.75, 3.05) is 5.84 Å². The van der Waals surface area contributed by atoms with Gasteiger partial charge < -0.3 is 10.3 Å². The Hall–Kier alpha value is -3.07. The summed E-state index contributed by atoms with van der Waals surface area (Å²) in [6.07, 6.45) is 3.25. The van der Waals surface area contributed by atoms with Gasteiger partial charge in [0.25, 0.3) is 5.95 Å². The molecule has 29 heavy (non-hydrogen) atoms. The molecule has 1 aromatic carbocycles. The molecule has 0 fully saturated rings. The SMILES string of the molecule is Cc1cc(C)n(-c2nnc(SCc3cc(=O)oc4cc5c(cc34)CCC5)n2N)n1. The first kappa shape index (κ1) is 18.0. The van der Waals surface area contributed by atoms with E-state index in [1.165, 1.54) is 27.6 Å². The van der Waals surface area contributed by atoms with Crippen molar-refractivity contribution >= 4 is 22.7 Å². The van der Waals surface area contributed by atoms with Crippen LogP contribution in [0.1, 0.15) is 34.5 Å². The molecule has 0 atom stereocenters. The Morgan fingerprint density at radius 1 is 1.14 bits per heavy atom. The van der Waals surface area contributed by atoms with Crippen LogP contribution in [0.3, 0.4) is 0 Å². The second kappa shape index (κ2) is 6.77. The van der Waals surface area contributed by atoms with Crippen LogP contribution in [0.5, 0.6) is 0 Å². The number of nitrogens with two attached hydrogens (primary N) is 1. The molecule has 5 rings (SSSR count). The Morgan fingerprint density at radius 2 is 1.93 bits per heavy atom. The second-order valence-corrected chi connectivity index (χ2v) is 8.28. The fourth-order valence-electron chi connectivity index (χ4n) is 3.90. The van der Waals surface area contributed by atoms with E-state index in [0.29, 0.717) is 22.4 Å². The molecule has 1 aliphatic carbocycles. The molecule has 0 bridgehead atoms. The Kier molecular flexibility index (Phi) is 4.20. The molecule has 3 aromatic heterocycles. The van der Waals surface area contributed by atoms with E-state index in [1.807, 2.05) is 26.0 Å². The Bertz CT molecular complexity index is 1300. The summed E-state index contributed by atoms with van der Waals surface area (Å²) in [7, 11) is 0.